The second-order valence-corrected chi connectivity index (χ2v) is 3.69. The lowest BCUT2D eigenvalue weighted by atomic mass is 10.2. The predicted molar refractivity (Wildman–Crippen MR) is 56.3 cm³/mol. The molecule has 0 N–H and O–H groups in total. The molecule has 0 radical (unpaired) electrons. The Bertz CT molecular complexity index is 560. The van der Waals surface area contributed by atoms with Crippen LogP contribution in [0.15, 0.2) is 29.2 Å². The Morgan fingerprint density at radius 3 is 2.80 bits per heavy atom. The average Bonchev–Trinajstić information content (AvgIpc) is 2.16. The summed E-state index contributed by atoms with van der Waals surface area (Å²) in [5, 5.41) is 0. The van der Waals surface area contributed by atoms with E-state index in [9.17, 15) is 9.18 Å². The molecule has 0 aliphatic heterocycles. The van der Waals surface area contributed by atoms with E-state index in [1.807, 2.05) is 13.8 Å². The van der Waals surface area contributed by atoms with Crippen molar-refractivity contribution in [1.29, 1.82) is 0 Å². The summed E-state index contributed by atoms with van der Waals surface area (Å²) in [7, 11) is 0. The van der Waals surface area contributed by atoms with Crippen molar-refractivity contribution in [3.63, 3.8) is 0 Å². The summed E-state index contributed by atoms with van der Waals surface area (Å²) < 4.78 is 14.6. The van der Waals surface area contributed by atoms with Crippen LogP contribution in [0.25, 0.3) is 11.0 Å². The molecule has 0 fully saturated rings. The molecule has 15 heavy (non-hydrogen) atoms. The molecular formula is C11H11FN2O. The second kappa shape index (κ2) is 3.46. The molecule has 0 unspecified atom stereocenters. The fourth-order valence-corrected chi connectivity index (χ4v) is 1.64. The number of fused-ring (bicyclic) bond motifs is 1. The highest BCUT2D eigenvalue weighted by Gasteiger charge is 2.07. The largest absolute Gasteiger partial charge is 0.304 e. The van der Waals surface area contributed by atoms with Crippen LogP contribution in [0.4, 0.5) is 4.39 Å². The van der Waals surface area contributed by atoms with Gasteiger partial charge >= 0.3 is 0 Å². The molecule has 0 atom stereocenters. The van der Waals surface area contributed by atoms with Crippen LogP contribution in [0.1, 0.15) is 19.9 Å². The summed E-state index contributed by atoms with van der Waals surface area (Å²) in [5.41, 5.74) is 1.03. The van der Waals surface area contributed by atoms with E-state index in [2.05, 4.69) is 4.98 Å². The zero-order valence-electron chi connectivity index (χ0n) is 8.57. The van der Waals surface area contributed by atoms with Gasteiger partial charge in [0.05, 0.1) is 17.2 Å². The van der Waals surface area contributed by atoms with E-state index in [1.54, 1.807) is 6.07 Å². The molecule has 0 saturated carbocycles. The minimum Gasteiger partial charge on any atom is -0.304 e. The maximum atomic E-state index is 13.0. The third kappa shape index (κ3) is 1.63. The third-order valence-electron chi connectivity index (χ3n) is 2.26. The zero-order chi connectivity index (χ0) is 11.0. The van der Waals surface area contributed by atoms with E-state index >= 15 is 0 Å². The molecule has 0 bridgehead atoms. The number of hydrogen-bond donors (Lipinski definition) is 0. The van der Waals surface area contributed by atoms with Gasteiger partial charge in [0.2, 0.25) is 0 Å². The molecule has 0 aliphatic carbocycles. The predicted octanol–water partition coefficient (Wildman–Crippen LogP) is 2.12. The van der Waals surface area contributed by atoms with Crippen molar-refractivity contribution < 1.29 is 4.39 Å². The van der Waals surface area contributed by atoms with Crippen molar-refractivity contribution in [3.05, 3.63) is 40.6 Å². The van der Waals surface area contributed by atoms with Gasteiger partial charge in [-0.2, -0.15) is 0 Å². The Kier molecular flexibility index (Phi) is 2.26. The fourth-order valence-electron chi connectivity index (χ4n) is 1.64. The molecule has 0 spiro atoms. The molecular weight excluding hydrogens is 195 g/mol. The van der Waals surface area contributed by atoms with E-state index in [4.69, 9.17) is 0 Å². The molecule has 2 aromatic rings. The Morgan fingerprint density at radius 2 is 2.13 bits per heavy atom. The molecule has 0 aliphatic rings. The number of hydrogen-bond acceptors (Lipinski definition) is 2. The Morgan fingerprint density at radius 1 is 1.40 bits per heavy atom. The number of aromatic nitrogens is 2. The lowest BCUT2D eigenvalue weighted by molar-refractivity contribution is 0.591. The van der Waals surface area contributed by atoms with E-state index < -0.39 is 5.82 Å². The van der Waals surface area contributed by atoms with E-state index in [0.717, 1.165) is 6.20 Å². The van der Waals surface area contributed by atoms with Crippen LogP contribution in [0.2, 0.25) is 0 Å². The summed E-state index contributed by atoms with van der Waals surface area (Å²) >= 11 is 0. The highest BCUT2D eigenvalue weighted by Crippen LogP contribution is 2.14. The van der Waals surface area contributed by atoms with Gasteiger partial charge in [-0.05, 0) is 19.9 Å². The van der Waals surface area contributed by atoms with Gasteiger partial charge in [-0.15, -0.1) is 0 Å². The van der Waals surface area contributed by atoms with Crippen molar-refractivity contribution in [3.8, 4) is 0 Å². The van der Waals surface area contributed by atoms with Crippen LogP contribution in [-0.4, -0.2) is 9.55 Å². The number of halogens is 1. The fraction of sp³-hybridized carbons (Fsp3) is 0.273. The Balaban J connectivity index is 2.91. The van der Waals surface area contributed by atoms with Gasteiger partial charge in [-0.1, -0.05) is 0 Å². The van der Waals surface area contributed by atoms with Crippen LogP contribution in [0.5, 0.6) is 0 Å². The first-order chi connectivity index (χ1) is 7.09. The smallest absolute Gasteiger partial charge is 0.251 e. The van der Waals surface area contributed by atoms with Gasteiger partial charge in [0, 0.05) is 18.2 Å². The highest BCUT2D eigenvalue weighted by atomic mass is 19.1. The maximum Gasteiger partial charge on any atom is 0.251 e. The molecule has 2 aromatic heterocycles. The molecule has 0 aromatic carbocycles. The van der Waals surface area contributed by atoms with Gasteiger partial charge in [-0.3, -0.25) is 9.78 Å². The van der Waals surface area contributed by atoms with Crippen molar-refractivity contribution in [2.75, 3.05) is 0 Å². The summed E-state index contributed by atoms with van der Waals surface area (Å²) in [6, 6.07) is 4.39. The van der Waals surface area contributed by atoms with Crippen LogP contribution >= 0.6 is 0 Å². The third-order valence-corrected chi connectivity index (χ3v) is 2.26. The van der Waals surface area contributed by atoms with Gasteiger partial charge in [0.1, 0.15) is 5.82 Å². The molecule has 0 saturated heterocycles. The lowest BCUT2D eigenvalue weighted by Gasteiger charge is -2.12. The molecule has 4 heteroatoms. The van der Waals surface area contributed by atoms with Crippen LogP contribution < -0.4 is 5.56 Å². The van der Waals surface area contributed by atoms with E-state index in [-0.39, 0.29) is 11.6 Å². The second-order valence-electron chi connectivity index (χ2n) is 3.69. The standard InChI is InChI=1S/C11H11FN2O/c1-7(2)14-10-5-8(12)6-13-9(10)3-4-11(14)15/h3-7H,1-2H3. The minimum atomic E-state index is -0.428. The summed E-state index contributed by atoms with van der Waals surface area (Å²) in [6.07, 6.45) is 1.15. The first-order valence-corrected chi connectivity index (χ1v) is 4.76. The SMILES string of the molecule is CC(C)n1c(=O)ccc2ncc(F)cc21. The zero-order valence-corrected chi connectivity index (χ0v) is 8.57. The van der Waals surface area contributed by atoms with Crippen molar-refractivity contribution in [1.82, 2.24) is 9.55 Å². The molecule has 3 nitrogen and oxygen atoms in total. The summed E-state index contributed by atoms with van der Waals surface area (Å²) in [5.74, 6) is -0.428. The molecule has 2 rings (SSSR count). The van der Waals surface area contributed by atoms with E-state index in [1.165, 1.54) is 16.7 Å². The van der Waals surface area contributed by atoms with Gasteiger partial charge in [0.25, 0.3) is 5.56 Å². The lowest BCUT2D eigenvalue weighted by Crippen LogP contribution is -2.21. The number of nitrogens with zero attached hydrogens (tertiary/aromatic N) is 2. The first kappa shape index (κ1) is 9.83. The van der Waals surface area contributed by atoms with Gasteiger partial charge in [-0.25, -0.2) is 4.39 Å². The van der Waals surface area contributed by atoms with Gasteiger partial charge in [0.15, 0.2) is 0 Å². The normalized spacial score (nSPS) is 11.2. The first-order valence-electron chi connectivity index (χ1n) is 4.76. The maximum absolute atomic E-state index is 13.0. The summed E-state index contributed by atoms with van der Waals surface area (Å²) in [6.45, 7) is 3.76. The number of pyridine rings is 2. The Labute approximate surface area is 86.2 Å². The van der Waals surface area contributed by atoms with Crippen LogP contribution in [-0.2, 0) is 0 Å². The van der Waals surface area contributed by atoms with Crippen molar-refractivity contribution in [2.24, 2.45) is 0 Å². The molecule has 2 heterocycles. The molecule has 0 amide bonds. The van der Waals surface area contributed by atoms with Gasteiger partial charge < -0.3 is 4.57 Å². The summed E-state index contributed by atoms with van der Waals surface area (Å²) in [4.78, 5) is 15.5. The number of rotatable bonds is 1. The van der Waals surface area contributed by atoms with Crippen molar-refractivity contribution in [2.45, 2.75) is 19.9 Å². The van der Waals surface area contributed by atoms with Crippen LogP contribution in [0, 0.1) is 5.82 Å². The monoisotopic (exact) mass is 206 g/mol. The average molecular weight is 206 g/mol. The minimum absolute atomic E-state index is 0.00944. The Hall–Kier alpha value is -1.71. The van der Waals surface area contributed by atoms with E-state index in [0.29, 0.717) is 11.0 Å². The van der Waals surface area contributed by atoms with Crippen molar-refractivity contribution >= 4 is 11.0 Å². The topological polar surface area (TPSA) is 34.9 Å². The quantitative estimate of drug-likeness (QED) is 0.716. The van der Waals surface area contributed by atoms with Crippen LogP contribution in [0.3, 0.4) is 0 Å². The highest BCUT2D eigenvalue weighted by molar-refractivity contribution is 5.74. The molecule has 78 valence electrons.